The monoisotopic (exact) mass is 394 g/mol. The van der Waals surface area contributed by atoms with E-state index in [-0.39, 0.29) is 6.61 Å². The van der Waals surface area contributed by atoms with E-state index in [9.17, 15) is 22.4 Å². The summed E-state index contributed by atoms with van der Waals surface area (Å²) >= 11 is 3.20. The molecule has 0 fully saturated rings. The molecule has 1 aliphatic heterocycles. The van der Waals surface area contributed by atoms with Crippen LogP contribution < -0.4 is 0 Å². The van der Waals surface area contributed by atoms with Gasteiger partial charge in [0.2, 0.25) is 5.76 Å². The van der Waals surface area contributed by atoms with Gasteiger partial charge in [-0.15, -0.1) is 0 Å². The molecule has 0 N–H and O–H groups in total. The standard InChI is InChI=1S/C15H11BrF4O3/c1-2-22-14(21)12-10(8-3-5-9(16)6-4-8)7-11(17)23-13(12)15(18,19)20/h3-7,10H,2H2,1H3. The van der Waals surface area contributed by atoms with Crippen LogP contribution in [0.4, 0.5) is 17.6 Å². The number of esters is 1. The number of benzene rings is 1. The first-order valence-electron chi connectivity index (χ1n) is 6.53. The van der Waals surface area contributed by atoms with Crippen LogP contribution in [0.2, 0.25) is 0 Å². The van der Waals surface area contributed by atoms with Crippen LogP contribution in [0, 0.1) is 0 Å². The Kier molecular flexibility index (Phi) is 5.13. The zero-order valence-corrected chi connectivity index (χ0v) is 13.4. The van der Waals surface area contributed by atoms with Crippen molar-refractivity contribution in [3.05, 3.63) is 57.7 Å². The van der Waals surface area contributed by atoms with Crippen LogP contribution in [0.5, 0.6) is 0 Å². The van der Waals surface area contributed by atoms with Gasteiger partial charge in [0, 0.05) is 16.5 Å². The Morgan fingerprint density at radius 3 is 2.43 bits per heavy atom. The third-order valence-corrected chi connectivity index (χ3v) is 3.56. The van der Waals surface area contributed by atoms with Crippen molar-refractivity contribution >= 4 is 21.9 Å². The number of alkyl halides is 3. The quantitative estimate of drug-likeness (QED) is 0.547. The van der Waals surface area contributed by atoms with Crippen molar-refractivity contribution in [1.29, 1.82) is 0 Å². The second-order valence-corrected chi connectivity index (χ2v) is 5.48. The minimum atomic E-state index is -5.03. The molecular formula is C15H11BrF4O3. The van der Waals surface area contributed by atoms with Gasteiger partial charge in [-0.25, -0.2) is 4.79 Å². The van der Waals surface area contributed by atoms with Crippen molar-refractivity contribution in [2.45, 2.75) is 19.0 Å². The van der Waals surface area contributed by atoms with Gasteiger partial charge < -0.3 is 9.47 Å². The summed E-state index contributed by atoms with van der Waals surface area (Å²) in [5.41, 5.74) is -0.473. The third kappa shape index (κ3) is 3.93. The van der Waals surface area contributed by atoms with Crippen molar-refractivity contribution < 1.29 is 31.8 Å². The van der Waals surface area contributed by atoms with E-state index in [1.54, 1.807) is 12.1 Å². The minimum absolute atomic E-state index is 0.118. The average molecular weight is 395 g/mol. The van der Waals surface area contributed by atoms with Crippen molar-refractivity contribution in [3.63, 3.8) is 0 Å². The third-order valence-electron chi connectivity index (χ3n) is 3.03. The number of ether oxygens (including phenoxy) is 2. The first kappa shape index (κ1) is 17.5. The first-order chi connectivity index (χ1) is 10.7. The lowest BCUT2D eigenvalue weighted by atomic mass is 9.88. The SMILES string of the molecule is CCOC(=O)C1=C(C(F)(F)F)OC(F)=CC1c1ccc(Br)cc1. The summed E-state index contributed by atoms with van der Waals surface area (Å²) in [6.45, 7) is 1.34. The molecule has 1 aliphatic rings. The Morgan fingerprint density at radius 2 is 1.91 bits per heavy atom. The molecule has 1 heterocycles. The van der Waals surface area contributed by atoms with E-state index >= 15 is 0 Å². The van der Waals surface area contributed by atoms with E-state index in [1.807, 2.05) is 0 Å². The molecule has 0 aliphatic carbocycles. The average Bonchev–Trinajstić information content (AvgIpc) is 2.46. The molecule has 0 bridgehead atoms. The van der Waals surface area contributed by atoms with E-state index in [0.29, 0.717) is 10.0 Å². The Labute approximate surface area is 137 Å². The second kappa shape index (κ2) is 6.74. The number of hydrogen-bond donors (Lipinski definition) is 0. The molecule has 0 saturated carbocycles. The fourth-order valence-electron chi connectivity index (χ4n) is 2.11. The number of allylic oxidation sites excluding steroid dienone is 2. The van der Waals surface area contributed by atoms with Gasteiger partial charge in [-0.3, -0.25) is 0 Å². The summed E-state index contributed by atoms with van der Waals surface area (Å²) in [6.07, 6.45) is -4.22. The Bertz CT molecular complexity index is 662. The molecule has 1 aromatic rings. The molecule has 3 nitrogen and oxygen atoms in total. The van der Waals surface area contributed by atoms with Crippen LogP contribution in [0.25, 0.3) is 0 Å². The smallest absolute Gasteiger partial charge is 0.450 e. The fourth-order valence-corrected chi connectivity index (χ4v) is 2.38. The highest BCUT2D eigenvalue weighted by Gasteiger charge is 2.46. The van der Waals surface area contributed by atoms with Crippen LogP contribution in [-0.2, 0) is 14.3 Å². The van der Waals surface area contributed by atoms with Gasteiger partial charge in [0.1, 0.15) is 0 Å². The van der Waals surface area contributed by atoms with Crippen LogP contribution in [-0.4, -0.2) is 18.8 Å². The fraction of sp³-hybridized carbons (Fsp3) is 0.267. The highest BCUT2D eigenvalue weighted by atomic mass is 79.9. The minimum Gasteiger partial charge on any atom is -0.463 e. The molecule has 1 atom stereocenters. The first-order valence-corrected chi connectivity index (χ1v) is 7.32. The predicted octanol–water partition coefficient (Wildman–Crippen LogP) is 4.75. The van der Waals surface area contributed by atoms with Crippen molar-refractivity contribution in [3.8, 4) is 0 Å². The van der Waals surface area contributed by atoms with Crippen molar-refractivity contribution in [1.82, 2.24) is 0 Å². The molecule has 0 radical (unpaired) electrons. The molecule has 8 heteroatoms. The molecular weight excluding hydrogens is 384 g/mol. The molecule has 0 amide bonds. The lowest BCUT2D eigenvalue weighted by Gasteiger charge is -2.25. The van der Waals surface area contributed by atoms with Gasteiger partial charge in [-0.2, -0.15) is 17.6 Å². The summed E-state index contributed by atoms with van der Waals surface area (Å²) in [5.74, 6) is -4.15. The second-order valence-electron chi connectivity index (χ2n) is 4.56. The number of carbonyl (C=O) groups is 1. The highest BCUT2D eigenvalue weighted by molar-refractivity contribution is 9.10. The van der Waals surface area contributed by atoms with Crippen LogP contribution in [0.15, 0.2) is 52.2 Å². The Balaban J connectivity index is 2.59. The largest absolute Gasteiger partial charge is 0.463 e. The maximum absolute atomic E-state index is 13.5. The van der Waals surface area contributed by atoms with Gasteiger partial charge in [-0.1, -0.05) is 28.1 Å². The molecule has 2 rings (SSSR count). The maximum Gasteiger partial charge on any atom is 0.450 e. The number of halogens is 5. The number of carbonyl (C=O) groups excluding carboxylic acids is 1. The van der Waals surface area contributed by atoms with E-state index in [2.05, 4.69) is 25.4 Å². The lowest BCUT2D eigenvalue weighted by Crippen LogP contribution is -2.27. The van der Waals surface area contributed by atoms with E-state index in [0.717, 1.165) is 6.08 Å². The summed E-state index contributed by atoms with van der Waals surface area (Å²) in [4.78, 5) is 12.0. The number of hydrogen-bond acceptors (Lipinski definition) is 3. The van der Waals surface area contributed by atoms with Gasteiger partial charge in [-0.05, 0) is 24.6 Å². The normalized spacial score (nSPS) is 18.3. The summed E-state index contributed by atoms with van der Waals surface area (Å²) in [6, 6.07) is 4.70. The maximum atomic E-state index is 13.5. The zero-order valence-electron chi connectivity index (χ0n) is 11.8. The molecule has 124 valence electrons. The lowest BCUT2D eigenvalue weighted by molar-refractivity contribution is -0.146. The molecule has 23 heavy (non-hydrogen) atoms. The van der Waals surface area contributed by atoms with E-state index < -0.39 is 35.4 Å². The van der Waals surface area contributed by atoms with Crippen LogP contribution in [0.3, 0.4) is 0 Å². The van der Waals surface area contributed by atoms with Crippen LogP contribution in [0.1, 0.15) is 18.4 Å². The van der Waals surface area contributed by atoms with Crippen molar-refractivity contribution in [2.24, 2.45) is 0 Å². The molecule has 0 saturated heterocycles. The Hall–Kier alpha value is -1.83. The molecule has 1 aromatic carbocycles. The topological polar surface area (TPSA) is 35.5 Å². The van der Waals surface area contributed by atoms with E-state index in [4.69, 9.17) is 0 Å². The molecule has 0 aromatic heterocycles. The highest BCUT2D eigenvalue weighted by Crippen LogP contribution is 2.42. The van der Waals surface area contributed by atoms with E-state index in [1.165, 1.54) is 19.1 Å². The van der Waals surface area contributed by atoms with Gasteiger partial charge in [0.25, 0.3) is 6.01 Å². The zero-order chi connectivity index (χ0) is 17.2. The van der Waals surface area contributed by atoms with Crippen LogP contribution >= 0.6 is 15.9 Å². The summed E-state index contributed by atoms with van der Waals surface area (Å²) < 4.78 is 62.4. The van der Waals surface area contributed by atoms with Gasteiger partial charge >= 0.3 is 12.1 Å². The summed E-state index contributed by atoms with van der Waals surface area (Å²) in [7, 11) is 0. The van der Waals surface area contributed by atoms with Crippen molar-refractivity contribution in [2.75, 3.05) is 6.61 Å². The number of rotatable bonds is 3. The summed E-state index contributed by atoms with van der Waals surface area (Å²) in [5, 5.41) is 0. The molecule has 0 spiro atoms. The molecule has 1 unspecified atom stereocenters. The Morgan fingerprint density at radius 1 is 1.30 bits per heavy atom. The van der Waals surface area contributed by atoms with Gasteiger partial charge in [0.05, 0.1) is 12.2 Å². The predicted molar refractivity (Wildman–Crippen MR) is 76.9 cm³/mol. The van der Waals surface area contributed by atoms with Gasteiger partial charge in [0.15, 0.2) is 0 Å².